The van der Waals surface area contributed by atoms with Gasteiger partial charge in [0.1, 0.15) is 5.78 Å². The van der Waals surface area contributed by atoms with Crippen molar-refractivity contribution in [1.82, 2.24) is 0 Å². The lowest BCUT2D eigenvalue weighted by Crippen LogP contribution is -2.40. The van der Waals surface area contributed by atoms with Crippen LogP contribution in [-0.4, -0.2) is 18.5 Å². The van der Waals surface area contributed by atoms with E-state index in [-0.39, 0.29) is 11.5 Å². The van der Waals surface area contributed by atoms with Crippen molar-refractivity contribution in [3.63, 3.8) is 0 Å². The molecular weight excluding hydrogens is 188 g/mol. The van der Waals surface area contributed by atoms with Crippen molar-refractivity contribution in [2.24, 2.45) is 11.3 Å². The molecule has 0 aromatic carbocycles. The van der Waals surface area contributed by atoms with Gasteiger partial charge in [0.05, 0.1) is 6.10 Å². The van der Waals surface area contributed by atoms with Crippen LogP contribution in [0.4, 0.5) is 0 Å². The fraction of sp³-hybridized carbons (Fsp3) is 0.923. The number of rotatable bonds is 3. The molecule has 0 aliphatic heterocycles. The monoisotopic (exact) mass is 210 g/mol. The zero-order valence-electron chi connectivity index (χ0n) is 9.92. The van der Waals surface area contributed by atoms with E-state index in [0.29, 0.717) is 12.2 Å². The first-order valence-electron chi connectivity index (χ1n) is 6.21. The zero-order valence-corrected chi connectivity index (χ0v) is 9.92. The average molecular weight is 210 g/mol. The second-order valence-electron chi connectivity index (χ2n) is 5.85. The van der Waals surface area contributed by atoms with Crippen LogP contribution in [0.3, 0.4) is 0 Å². The van der Waals surface area contributed by atoms with Crippen LogP contribution in [-0.2, 0) is 9.53 Å². The normalized spacial score (nSPS) is 31.3. The first-order chi connectivity index (χ1) is 7.08. The van der Waals surface area contributed by atoms with E-state index in [1.165, 1.54) is 19.3 Å². The largest absolute Gasteiger partial charge is 0.377 e. The van der Waals surface area contributed by atoms with E-state index in [9.17, 15) is 4.79 Å². The fourth-order valence-electron chi connectivity index (χ4n) is 2.40. The van der Waals surface area contributed by atoms with Crippen LogP contribution in [0.15, 0.2) is 0 Å². The molecule has 0 aromatic heterocycles. The lowest BCUT2D eigenvalue weighted by molar-refractivity contribution is -0.133. The van der Waals surface area contributed by atoms with Gasteiger partial charge in [-0.3, -0.25) is 4.79 Å². The molecule has 2 aliphatic carbocycles. The number of carbonyl (C=O) groups excluding carboxylic acids is 1. The van der Waals surface area contributed by atoms with Gasteiger partial charge in [0, 0.05) is 19.4 Å². The lowest BCUT2D eigenvalue weighted by Gasteiger charge is -2.39. The second-order valence-corrected chi connectivity index (χ2v) is 5.85. The molecule has 2 nitrogen and oxygen atoms in total. The Labute approximate surface area is 92.4 Å². The van der Waals surface area contributed by atoms with Crippen molar-refractivity contribution in [1.29, 1.82) is 0 Å². The molecule has 0 spiro atoms. The topological polar surface area (TPSA) is 26.3 Å². The second kappa shape index (κ2) is 4.25. The van der Waals surface area contributed by atoms with E-state index in [1.807, 2.05) is 0 Å². The summed E-state index contributed by atoms with van der Waals surface area (Å²) in [4.78, 5) is 11.4. The minimum atomic E-state index is 0.166. The summed E-state index contributed by atoms with van der Waals surface area (Å²) in [5.74, 6) is 1.16. The maximum atomic E-state index is 11.4. The molecular formula is C13H22O2. The molecule has 0 aromatic rings. The quantitative estimate of drug-likeness (QED) is 0.716. The summed E-state index contributed by atoms with van der Waals surface area (Å²) in [5.41, 5.74) is 0.192. The highest BCUT2D eigenvalue weighted by Crippen LogP contribution is 2.37. The highest BCUT2D eigenvalue weighted by Gasteiger charge is 2.37. The van der Waals surface area contributed by atoms with Crippen LogP contribution in [0.5, 0.6) is 0 Å². The molecule has 86 valence electrons. The maximum absolute atomic E-state index is 11.4. The van der Waals surface area contributed by atoms with Crippen LogP contribution in [0.1, 0.15) is 52.4 Å². The summed E-state index contributed by atoms with van der Waals surface area (Å²) < 4.78 is 5.95. The third-order valence-corrected chi connectivity index (χ3v) is 4.09. The van der Waals surface area contributed by atoms with Gasteiger partial charge >= 0.3 is 0 Å². The Hall–Kier alpha value is -0.370. The first kappa shape index (κ1) is 11.1. The van der Waals surface area contributed by atoms with Crippen molar-refractivity contribution in [3.8, 4) is 0 Å². The predicted octanol–water partition coefficient (Wildman–Crippen LogP) is 2.95. The summed E-state index contributed by atoms with van der Waals surface area (Å²) in [5, 5.41) is 0. The van der Waals surface area contributed by atoms with Crippen molar-refractivity contribution in [3.05, 3.63) is 0 Å². The summed E-state index contributed by atoms with van der Waals surface area (Å²) in [6.45, 7) is 5.33. The molecule has 0 saturated heterocycles. The van der Waals surface area contributed by atoms with E-state index >= 15 is 0 Å². The smallest absolute Gasteiger partial charge is 0.135 e. The third-order valence-electron chi connectivity index (χ3n) is 4.09. The van der Waals surface area contributed by atoms with Gasteiger partial charge in [-0.2, -0.15) is 0 Å². The molecule has 2 fully saturated rings. The average Bonchev–Trinajstić information content (AvgIpc) is 2.09. The molecule has 0 radical (unpaired) electrons. The number of carbonyl (C=O) groups is 1. The Morgan fingerprint density at radius 1 is 1.40 bits per heavy atom. The van der Waals surface area contributed by atoms with Crippen LogP contribution >= 0.6 is 0 Å². The Kier molecular flexibility index (Phi) is 3.15. The van der Waals surface area contributed by atoms with Crippen LogP contribution in [0.2, 0.25) is 0 Å². The molecule has 0 amide bonds. The minimum Gasteiger partial charge on any atom is -0.377 e. The van der Waals surface area contributed by atoms with Gasteiger partial charge in [0.25, 0.3) is 0 Å². The van der Waals surface area contributed by atoms with Gasteiger partial charge in [-0.1, -0.05) is 20.3 Å². The van der Waals surface area contributed by atoms with E-state index in [4.69, 9.17) is 4.74 Å². The van der Waals surface area contributed by atoms with E-state index in [2.05, 4.69) is 13.8 Å². The van der Waals surface area contributed by atoms with Gasteiger partial charge in [-0.15, -0.1) is 0 Å². The highest BCUT2D eigenvalue weighted by atomic mass is 16.5. The summed E-state index contributed by atoms with van der Waals surface area (Å²) in [6.07, 6.45) is 6.54. The molecule has 2 aliphatic rings. The Morgan fingerprint density at radius 2 is 2.13 bits per heavy atom. The number of ether oxygens (including phenoxy) is 1. The minimum absolute atomic E-state index is 0.166. The molecule has 0 bridgehead atoms. The summed E-state index contributed by atoms with van der Waals surface area (Å²) in [6, 6.07) is 0. The Morgan fingerprint density at radius 3 is 2.73 bits per heavy atom. The van der Waals surface area contributed by atoms with E-state index in [0.717, 1.165) is 25.4 Å². The lowest BCUT2D eigenvalue weighted by atomic mass is 9.74. The van der Waals surface area contributed by atoms with Gasteiger partial charge in [0.15, 0.2) is 0 Å². The first-order valence-corrected chi connectivity index (χ1v) is 6.21. The zero-order chi connectivity index (χ0) is 10.9. The molecule has 2 heteroatoms. The number of Topliss-reactive ketones (excluding diaryl/α,β-unsaturated/α-hetero) is 1. The van der Waals surface area contributed by atoms with Gasteiger partial charge in [-0.05, 0) is 30.6 Å². The third kappa shape index (κ3) is 2.60. The Bertz CT molecular complexity index is 241. The molecule has 1 unspecified atom stereocenters. The fourth-order valence-corrected chi connectivity index (χ4v) is 2.40. The van der Waals surface area contributed by atoms with E-state index in [1.54, 1.807) is 0 Å². The van der Waals surface area contributed by atoms with Gasteiger partial charge in [0.2, 0.25) is 0 Å². The van der Waals surface area contributed by atoms with E-state index < -0.39 is 0 Å². The van der Waals surface area contributed by atoms with Crippen molar-refractivity contribution in [2.45, 2.75) is 58.5 Å². The Balaban J connectivity index is 1.83. The molecule has 2 saturated carbocycles. The number of hydrogen-bond donors (Lipinski definition) is 0. The summed E-state index contributed by atoms with van der Waals surface area (Å²) >= 11 is 0. The molecule has 15 heavy (non-hydrogen) atoms. The van der Waals surface area contributed by atoms with Crippen molar-refractivity contribution in [2.75, 3.05) is 6.61 Å². The number of ketones is 1. The van der Waals surface area contributed by atoms with Crippen LogP contribution < -0.4 is 0 Å². The van der Waals surface area contributed by atoms with Crippen LogP contribution in [0.25, 0.3) is 0 Å². The molecule has 0 N–H and O–H groups in total. The molecule has 2 rings (SSSR count). The molecule has 0 heterocycles. The highest BCUT2D eigenvalue weighted by molar-refractivity contribution is 5.79. The van der Waals surface area contributed by atoms with Crippen molar-refractivity contribution < 1.29 is 9.53 Å². The van der Waals surface area contributed by atoms with Gasteiger partial charge < -0.3 is 4.74 Å². The van der Waals surface area contributed by atoms with Crippen LogP contribution in [0, 0.1) is 11.3 Å². The predicted molar refractivity (Wildman–Crippen MR) is 59.7 cm³/mol. The van der Waals surface area contributed by atoms with Gasteiger partial charge in [-0.25, -0.2) is 0 Å². The van der Waals surface area contributed by atoms with Crippen molar-refractivity contribution >= 4 is 5.78 Å². The summed E-state index contributed by atoms with van der Waals surface area (Å²) in [7, 11) is 0. The maximum Gasteiger partial charge on any atom is 0.135 e. The number of hydrogen-bond acceptors (Lipinski definition) is 2. The SMILES string of the molecule is CC1(C)CCC(=O)CC1OCC1CCC1. The standard InChI is InChI=1S/C13H22O2/c1-13(2)7-6-11(14)8-12(13)15-9-10-4-3-5-10/h10,12H,3-9H2,1-2H3. The molecule has 1 atom stereocenters.